The van der Waals surface area contributed by atoms with E-state index in [1.807, 2.05) is 0 Å². The first-order valence-corrected chi connectivity index (χ1v) is 10.8. The number of aliphatic hydroxyl groups excluding tert-OH is 1. The summed E-state index contributed by atoms with van der Waals surface area (Å²) in [5.41, 5.74) is -1.82. The molecular formula is C25H24O12. The quantitative estimate of drug-likeness (QED) is 0.156. The van der Waals surface area contributed by atoms with E-state index in [9.17, 15) is 50.1 Å². The van der Waals surface area contributed by atoms with Crippen molar-refractivity contribution in [3.8, 4) is 23.0 Å². The zero-order valence-electron chi connectivity index (χ0n) is 19.1. The van der Waals surface area contributed by atoms with E-state index in [0.29, 0.717) is 11.1 Å². The van der Waals surface area contributed by atoms with Gasteiger partial charge in [0.1, 0.15) is 6.10 Å². The Bertz CT molecular complexity index is 1250. The van der Waals surface area contributed by atoms with E-state index in [1.165, 1.54) is 42.5 Å². The van der Waals surface area contributed by atoms with Crippen LogP contribution in [0.3, 0.4) is 0 Å². The molecule has 3 rings (SSSR count). The van der Waals surface area contributed by atoms with E-state index < -0.39 is 66.2 Å². The second-order valence-electron chi connectivity index (χ2n) is 8.35. The number of carbonyl (C=O) groups is 3. The summed E-state index contributed by atoms with van der Waals surface area (Å²) in [4.78, 5) is 36.3. The van der Waals surface area contributed by atoms with Gasteiger partial charge < -0.3 is 45.2 Å². The molecular weight excluding hydrogens is 492 g/mol. The molecule has 0 amide bonds. The van der Waals surface area contributed by atoms with Crippen LogP contribution in [0.5, 0.6) is 23.0 Å². The maximum absolute atomic E-state index is 12.4. The maximum atomic E-state index is 12.4. The Balaban J connectivity index is 1.75. The largest absolute Gasteiger partial charge is 0.504 e. The number of benzene rings is 2. The molecule has 0 radical (unpaired) electrons. The van der Waals surface area contributed by atoms with Crippen LogP contribution in [0.1, 0.15) is 24.0 Å². The molecule has 12 nitrogen and oxygen atoms in total. The summed E-state index contributed by atoms with van der Waals surface area (Å²) in [5, 5.41) is 68.0. The van der Waals surface area contributed by atoms with Crippen molar-refractivity contribution < 1.29 is 59.6 Å². The second-order valence-corrected chi connectivity index (χ2v) is 8.35. The molecule has 0 unspecified atom stereocenters. The molecule has 0 aromatic heterocycles. The molecule has 12 heteroatoms. The summed E-state index contributed by atoms with van der Waals surface area (Å²) < 4.78 is 10.4. The molecule has 37 heavy (non-hydrogen) atoms. The normalized spacial score (nSPS) is 23.7. The fourth-order valence-corrected chi connectivity index (χ4v) is 3.66. The highest BCUT2D eigenvalue weighted by atomic mass is 16.6. The molecule has 4 atom stereocenters. The number of ether oxygens (including phenoxy) is 2. The minimum atomic E-state index is -2.46. The number of carbonyl (C=O) groups excluding carboxylic acids is 2. The number of phenols is 4. The van der Waals surface area contributed by atoms with Gasteiger partial charge in [0, 0.05) is 25.0 Å². The molecule has 2 aromatic rings. The van der Waals surface area contributed by atoms with Gasteiger partial charge in [-0.25, -0.2) is 14.4 Å². The van der Waals surface area contributed by atoms with Crippen LogP contribution in [-0.4, -0.2) is 77.6 Å². The van der Waals surface area contributed by atoms with Crippen molar-refractivity contribution in [1.29, 1.82) is 0 Å². The Kier molecular flexibility index (Phi) is 8.05. The number of rotatable bonds is 7. The lowest BCUT2D eigenvalue weighted by Crippen LogP contribution is -2.58. The van der Waals surface area contributed by atoms with Crippen LogP contribution < -0.4 is 0 Å². The average molecular weight is 516 g/mol. The summed E-state index contributed by atoms with van der Waals surface area (Å²) in [5.74, 6) is -5.29. The van der Waals surface area contributed by atoms with Crippen LogP contribution in [0.4, 0.5) is 0 Å². The average Bonchev–Trinajstić information content (AvgIpc) is 2.82. The van der Waals surface area contributed by atoms with Gasteiger partial charge in [-0.2, -0.15) is 0 Å². The molecule has 0 spiro atoms. The molecule has 1 aliphatic rings. The number of phenolic OH excluding ortho intramolecular Hbond substituents is 4. The summed E-state index contributed by atoms with van der Waals surface area (Å²) in [6.45, 7) is 0. The van der Waals surface area contributed by atoms with E-state index in [4.69, 9.17) is 9.47 Å². The van der Waals surface area contributed by atoms with Crippen LogP contribution in [0.2, 0.25) is 0 Å². The van der Waals surface area contributed by atoms with Gasteiger partial charge in [0.05, 0.1) is 6.10 Å². The zero-order chi connectivity index (χ0) is 27.3. The smallest absolute Gasteiger partial charge is 0.335 e. The van der Waals surface area contributed by atoms with E-state index in [-0.39, 0.29) is 11.5 Å². The molecule has 2 aromatic carbocycles. The monoisotopic (exact) mass is 516 g/mol. The first-order chi connectivity index (χ1) is 17.4. The lowest BCUT2D eigenvalue weighted by Gasteiger charge is -2.40. The molecule has 0 heterocycles. The summed E-state index contributed by atoms with van der Waals surface area (Å²) >= 11 is 0. The Morgan fingerprint density at radius 3 is 1.73 bits per heavy atom. The Morgan fingerprint density at radius 2 is 1.27 bits per heavy atom. The number of carboxylic acids is 1. The van der Waals surface area contributed by atoms with E-state index in [1.54, 1.807) is 0 Å². The Morgan fingerprint density at radius 1 is 0.784 bits per heavy atom. The van der Waals surface area contributed by atoms with Crippen molar-refractivity contribution in [3.63, 3.8) is 0 Å². The molecule has 196 valence electrons. The van der Waals surface area contributed by atoms with Crippen LogP contribution in [0, 0.1) is 0 Å². The molecule has 1 saturated carbocycles. The third kappa shape index (κ3) is 6.78. The van der Waals surface area contributed by atoms with Gasteiger partial charge in [0.15, 0.2) is 34.7 Å². The van der Waals surface area contributed by atoms with Gasteiger partial charge in [-0.3, -0.25) is 0 Å². The standard InChI is InChI=1S/C25H24O12/c26-15-5-1-13(9-17(15)28)3-7-21(31)36-20-12-25(35,24(33)34)11-19(30)23(20)37-22(32)8-4-14-2-6-16(27)18(29)10-14/h1-10,19-20,23,26-30,35H,11-12H2,(H,33,34)/t19-,20-,23+,25-/m1/s1. The van der Waals surface area contributed by atoms with E-state index >= 15 is 0 Å². The van der Waals surface area contributed by atoms with Crippen molar-refractivity contribution in [2.24, 2.45) is 0 Å². The lowest BCUT2D eigenvalue weighted by atomic mass is 9.79. The fourth-order valence-electron chi connectivity index (χ4n) is 3.66. The predicted octanol–water partition coefficient (Wildman–Crippen LogP) is 1.03. The van der Waals surface area contributed by atoms with Gasteiger partial charge >= 0.3 is 17.9 Å². The number of esters is 2. The summed E-state index contributed by atoms with van der Waals surface area (Å²) in [6, 6.07) is 7.50. The fraction of sp³-hybridized carbons (Fsp3) is 0.240. The number of aromatic hydroxyl groups is 4. The number of carboxylic acid groups (broad SMARTS) is 1. The van der Waals surface area contributed by atoms with Crippen molar-refractivity contribution in [1.82, 2.24) is 0 Å². The predicted molar refractivity (Wildman–Crippen MR) is 125 cm³/mol. The van der Waals surface area contributed by atoms with E-state index in [2.05, 4.69) is 0 Å². The van der Waals surface area contributed by atoms with Crippen LogP contribution >= 0.6 is 0 Å². The van der Waals surface area contributed by atoms with Crippen molar-refractivity contribution >= 4 is 30.1 Å². The topological polar surface area (TPSA) is 211 Å². The molecule has 0 aliphatic heterocycles. The van der Waals surface area contributed by atoms with Crippen LogP contribution in [-0.2, 0) is 23.9 Å². The number of hydrogen-bond acceptors (Lipinski definition) is 11. The third-order valence-electron chi connectivity index (χ3n) is 5.57. The lowest BCUT2D eigenvalue weighted by molar-refractivity contribution is -0.204. The number of hydrogen-bond donors (Lipinski definition) is 7. The van der Waals surface area contributed by atoms with Crippen molar-refractivity contribution in [2.45, 2.75) is 36.8 Å². The van der Waals surface area contributed by atoms with Crippen LogP contribution in [0.15, 0.2) is 48.6 Å². The van der Waals surface area contributed by atoms with Gasteiger partial charge in [0.25, 0.3) is 0 Å². The summed E-state index contributed by atoms with van der Waals surface area (Å²) in [7, 11) is 0. The highest BCUT2D eigenvalue weighted by Gasteiger charge is 2.52. The van der Waals surface area contributed by atoms with Gasteiger partial charge in [-0.1, -0.05) is 12.1 Å². The first kappa shape index (κ1) is 27.0. The van der Waals surface area contributed by atoms with Crippen molar-refractivity contribution in [2.75, 3.05) is 0 Å². The minimum absolute atomic E-state index is 0.311. The highest BCUT2D eigenvalue weighted by Crippen LogP contribution is 2.33. The van der Waals surface area contributed by atoms with Gasteiger partial charge in [0.2, 0.25) is 0 Å². The van der Waals surface area contributed by atoms with Crippen molar-refractivity contribution in [3.05, 3.63) is 59.7 Å². The Hall–Kier alpha value is -4.55. The SMILES string of the molecule is O=C(C=Cc1ccc(O)c(O)c1)O[C@H]1[C@H](O)C[C@](O)(C(=O)O)C[C@H]1OC(=O)C=Cc1ccc(O)c(O)c1. The summed E-state index contributed by atoms with van der Waals surface area (Å²) in [6.07, 6.45) is -1.86. The molecule has 0 bridgehead atoms. The molecule has 1 fully saturated rings. The van der Waals surface area contributed by atoms with Crippen LogP contribution in [0.25, 0.3) is 12.2 Å². The Labute approximate surface area is 209 Å². The minimum Gasteiger partial charge on any atom is -0.504 e. The molecule has 7 N–H and O–H groups in total. The molecule has 1 aliphatic carbocycles. The van der Waals surface area contributed by atoms with Gasteiger partial charge in [-0.05, 0) is 47.5 Å². The highest BCUT2D eigenvalue weighted by molar-refractivity contribution is 5.88. The second kappa shape index (κ2) is 11.0. The van der Waals surface area contributed by atoms with Gasteiger partial charge in [-0.15, -0.1) is 0 Å². The number of aliphatic hydroxyl groups is 2. The zero-order valence-corrected chi connectivity index (χ0v) is 19.1. The third-order valence-corrected chi connectivity index (χ3v) is 5.57. The van der Waals surface area contributed by atoms with E-state index in [0.717, 1.165) is 18.2 Å². The first-order valence-electron chi connectivity index (χ1n) is 10.8. The molecule has 0 saturated heterocycles. The maximum Gasteiger partial charge on any atom is 0.335 e. The number of aliphatic carboxylic acids is 1.